The molecule has 4 nitrogen and oxygen atoms in total. The number of aliphatic hydroxyl groups excluding tert-OH is 1. The molecular formula is C17H21NO3. The van der Waals surface area contributed by atoms with E-state index in [0.29, 0.717) is 18.6 Å². The highest BCUT2D eigenvalue weighted by Crippen LogP contribution is 2.13. The Morgan fingerprint density at radius 2 is 2.38 bits per heavy atom. The highest BCUT2D eigenvalue weighted by atomic mass is 16.5. The van der Waals surface area contributed by atoms with Gasteiger partial charge in [0.2, 0.25) is 0 Å². The van der Waals surface area contributed by atoms with Crippen molar-refractivity contribution in [3.63, 3.8) is 0 Å². The van der Waals surface area contributed by atoms with Gasteiger partial charge in [0.25, 0.3) is 5.91 Å². The van der Waals surface area contributed by atoms with Crippen molar-refractivity contribution in [3.8, 4) is 11.8 Å². The van der Waals surface area contributed by atoms with Crippen molar-refractivity contribution in [1.29, 1.82) is 0 Å². The molecule has 0 radical (unpaired) electrons. The average molecular weight is 287 g/mol. The van der Waals surface area contributed by atoms with Gasteiger partial charge in [-0.25, -0.2) is 0 Å². The summed E-state index contributed by atoms with van der Waals surface area (Å²) in [6.45, 7) is 3.33. The quantitative estimate of drug-likeness (QED) is 0.831. The third-order valence-electron chi connectivity index (χ3n) is 3.45. The van der Waals surface area contributed by atoms with Crippen molar-refractivity contribution in [2.75, 3.05) is 19.8 Å². The molecule has 0 aromatic heterocycles. The Hall–Kier alpha value is -1.83. The van der Waals surface area contributed by atoms with Crippen LogP contribution in [0.5, 0.6) is 0 Å². The second kappa shape index (κ2) is 7.82. The normalized spacial score (nSPS) is 17.7. The first-order chi connectivity index (χ1) is 10.2. The Morgan fingerprint density at radius 1 is 1.52 bits per heavy atom. The minimum Gasteiger partial charge on any atom is -0.395 e. The zero-order valence-corrected chi connectivity index (χ0v) is 12.3. The van der Waals surface area contributed by atoms with Gasteiger partial charge in [-0.05, 0) is 37.5 Å². The molecule has 1 atom stereocenters. The minimum atomic E-state index is -0.0752. The van der Waals surface area contributed by atoms with Crippen molar-refractivity contribution in [1.82, 2.24) is 5.32 Å². The number of rotatable bonds is 3. The first kappa shape index (κ1) is 15.6. The van der Waals surface area contributed by atoms with E-state index in [2.05, 4.69) is 17.2 Å². The van der Waals surface area contributed by atoms with Gasteiger partial charge in [-0.15, -0.1) is 0 Å². The Kier molecular flexibility index (Phi) is 5.79. The molecule has 0 bridgehead atoms. The van der Waals surface area contributed by atoms with E-state index in [1.165, 1.54) is 0 Å². The lowest BCUT2D eigenvalue weighted by Crippen LogP contribution is -2.40. The molecule has 0 aliphatic carbocycles. The van der Waals surface area contributed by atoms with E-state index < -0.39 is 0 Å². The molecule has 1 saturated heterocycles. The highest BCUT2D eigenvalue weighted by Gasteiger charge is 2.18. The number of amides is 1. The third-order valence-corrected chi connectivity index (χ3v) is 3.45. The predicted molar refractivity (Wildman–Crippen MR) is 81.1 cm³/mol. The van der Waals surface area contributed by atoms with E-state index in [4.69, 9.17) is 9.84 Å². The van der Waals surface area contributed by atoms with E-state index in [-0.39, 0.29) is 18.6 Å². The van der Waals surface area contributed by atoms with Gasteiger partial charge in [-0.2, -0.15) is 0 Å². The maximum absolute atomic E-state index is 12.4. The van der Waals surface area contributed by atoms with E-state index in [9.17, 15) is 4.79 Å². The van der Waals surface area contributed by atoms with E-state index in [1.807, 2.05) is 19.1 Å². The summed E-state index contributed by atoms with van der Waals surface area (Å²) in [7, 11) is 0. The summed E-state index contributed by atoms with van der Waals surface area (Å²) in [5.41, 5.74) is 2.37. The van der Waals surface area contributed by atoms with Crippen molar-refractivity contribution < 1.29 is 14.6 Å². The summed E-state index contributed by atoms with van der Waals surface area (Å²) < 4.78 is 5.38. The molecule has 112 valence electrons. The number of benzene rings is 1. The van der Waals surface area contributed by atoms with Crippen LogP contribution in [0.3, 0.4) is 0 Å². The van der Waals surface area contributed by atoms with Crippen LogP contribution in [0.2, 0.25) is 0 Å². The molecule has 1 unspecified atom stereocenters. The minimum absolute atomic E-state index is 0.0495. The molecular weight excluding hydrogens is 266 g/mol. The zero-order chi connectivity index (χ0) is 15.1. The van der Waals surface area contributed by atoms with Crippen molar-refractivity contribution in [2.24, 2.45) is 0 Å². The van der Waals surface area contributed by atoms with Gasteiger partial charge in [0, 0.05) is 24.2 Å². The molecule has 2 N–H and O–H groups in total. The number of hydrogen-bond donors (Lipinski definition) is 2. The number of aliphatic hydroxyl groups is 1. The molecule has 1 heterocycles. The van der Waals surface area contributed by atoms with Crippen LogP contribution in [0, 0.1) is 18.8 Å². The number of nitrogens with one attached hydrogen (secondary N) is 1. The van der Waals surface area contributed by atoms with E-state index >= 15 is 0 Å². The number of ether oxygens (including phenoxy) is 1. The summed E-state index contributed by atoms with van der Waals surface area (Å²) in [4.78, 5) is 12.4. The van der Waals surface area contributed by atoms with Crippen molar-refractivity contribution >= 4 is 5.91 Å². The summed E-state index contributed by atoms with van der Waals surface area (Å²) in [6, 6.07) is 5.68. The van der Waals surface area contributed by atoms with Gasteiger partial charge in [0.15, 0.2) is 0 Å². The third kappa shape index (κ3) is 4.59. The molecule has 1 fully saturated rings. The van der Waals surface area contributed by atoms with E-state index in [1.54, 1.807) is 6.07 Å². The number of hydrogen-bond acceptors (Lipinski definition) is 3. The molecule has 21 heavy (non-hydrogen) atoms. The second-order valence-corrected chi connectivity index (χ2v) is 5.19. The van der Waals surface area contributed by atoms with Gasteiger partial charge < -0.3 is 15.2 Å². The maximum atomic E-state index is 12.4. The Bertz CT molecular complexity index is 551. The van der Waals surface area contributed by atoms with Gasteiger partial charge in [-0.1, -0.05) is 17.9 Å². The predicted octanol–water partition coefficient (Wildman–Crippen LogP) is 1.64. The number of carbonyl (C=O) groups excluding carboxylic acids is 1. The van der Waals surface area contributed by atoms with Crippen LogP contribution >= 0.6 is 0 Å². The largest absolute Gasteiger partial charge is 0.395 e. The molecule has 1 aromatic rings. The summed E-state index contributed by atoms with van der Waals surface area (Å²) >= 11 is 0. The monoisotopic (exact) mass is 287 g/mol. The number of aryl methyl sites for hydroxylation is 1. The van der Waals surface area contributed by atoms with Gasteiger partial charge >= 0.3 is 0 Å². The SMILES string of the molecule is Cc1ccc(C#CCCO)cc1C(=O)NC1CCCOC1. The van der Waals surface area contributed by atoms with E-state index in [0.717, 1.165) is 30.6 Å². The molecule has 1 amide bonds. The first-order valence-electron chi connectivity index (χ1n) is 7.29. The summed E-state index contributed by atoms with van der Waals surface area (Å²) in [5, 5.41) is 11.8. The highest BCUT2D eigenvalue weighted by molar-refractivity contribution is 5.96. The summed E-state index contributed by atoms with van der Waals surface area (Å²) in [6.07, 6.45) is 2.38. The molecule has 1 aliphatic rings. The lowest BCUT2D eigenvalue weighted by Gasteiger charge is -2.23. The lowest BCUT2D eigenvalue weighted by atomic mass is 10.0. The molecule has 4 heteroatoms. The molecule has 0 spiro atoms. The standard InChI is InChI=1S/C17H21NO3/c1-13-7-8-14(5-2-3-9-19)11-16(13)17(20)18-15-6-4-10-21-12-15/h7-8,11,15,19H,3-4,6,9-10,12H2,1H3,(H,18,20). The molecule has 1 aromatic carbocycles. The maximum Gasteiger partial charge on any atom is 0.251 e. The van der Waals surface area contributed by atoms with Crippen molar-refractivity contribution in [3.05, 3.63) is 34.9 Å². The average Bonchev–Trinajstić information content (AvgIpc) is 2.50. The fourth-order valence-electron chi connectivity index (χ4n) is 2.28. The Morgan fingerprint density at radius 3 is 3.10 bits per heavy atom. The topological polar surface area (TPSA) is 58.6 Å². The fourth-order valence-corrected chi connectivity index (χ4v) is 2.28. The smallest absolute Gasteiger partial charge is 0.251 e. The zero-order valence-electron chi connectivity index (χ0n) is 12.3. The lowest BCUT2D eigenvalue weighted by molar-refractivity contribution is 0.0624. The van der Waals surface area contributed by atoms with Gasteiger partial charge in [-0.3, -0.25) is 4.79 Å². The van der Waals surface area contributed by atoms with Crippen LogP contribution in [0.25, 0.3) is 0 Å². The second-order valence-electron chi connectivity index (χ2n) is 5.19. The first-order valence-corrected chi connectivity index (χ1v) is 7.29. The van der Waals surface area contributed by atoms with Crippen LogP contribution < -0.4 is 5.32 Å². The van der Waals surface area contributed by atoms with Crippen LogP contribution in [0.4, 0.5) is 0 Å². The Labute approximate surface area is 125 Å². The van der Waals surface area contributed by atoms with Crippen LogP contribution in [-0.2, 0) is 4.74 Å². The number of carbonyl (C=O) groups is 1. The van der Waals surface area contributed by atoms with Crippen LogP contribution in [-0.4, -0.2) is 36.9 Å². The molecule has 2 rings (SSSR count). The molecule has 1 aliphatic heterocycles. The van der Waals surface area contributed by atoms with Crippen LogP contribution in [0.1, 0.15) is 40.7 Å². The van der Waals surface area contributed by atoms with Gasteiger partial charge in [0.1, 0.15) is 0 Å². The van der Waals surface area contributed by atoms with Crippen LogP contribution in [0.15, 0.2) is 18.2 Å². The fraction of sp³-hybridized carbons (Fsp3) is 0.471. The molecule has 0 saturated carbocycles. The van der Waals surface area contributed by atoms with Gasteiger partial charge in [0.05, 0.1) is 19.3 Å². The summed E-state index contributed by atoms with van der Waals surface area (Å²) in [5.74, 6) is 5.75. The Balaban J connectivity index is 2.08. The van der Waals surface area contributed by atoms with Crippen molar-refractivity contribution in [2.45, 2.75) is 32.2 Å².